The lowest BCUT2D eigenvalue weighted by atomic mass is 10.0. The fourth-order valence-corrected chi connectivity index (χ4v) is 2.51. The van der Waals surface area contributed by atoms with Gasteiger partial charge in [0.15, 0.2) is 5.78 Å². The third-order valence-corrected chi connectivity index (χ3v) is 3.65. The topological polar surface area (TPSA) is 30.0 Å². The van der Waals surface area contributed by atoms with Crippen LogP contribution < -0.4 is 0 Å². The van der Waals surface area contributed by atoms with E-state index >= 15 is 0 Å². The Morgan fingerprint density at radius 2 is 1.48 bits per heavy atom. The van der Waals surface area contributed by atoms with Gasteiger partial charge < -0.3 is 0 Å². The van der Waals surface area contributed by atoms with Gasteiger partial charge in [-0.2, -0.15) is 0 Å². The third kappa shape index (κ3) is 3.09. The number of benzene rings is 2. The summed E-state index contributed by atoms with van der Waals surface area (Å²) in [4.78, 5) is 16.4. The van der Waals surface area contributed by atoms with Crippen LogP contribution >= 0.6 is 15.9 Å². The Labute approximate surface area is 131 Å². The van der Waals surface area contributed by atoms with Crippen LogP contribution in [-0.2, 0) is 0 Å². The molecule has 0 radical (unpaired) electrons. The van der Waals surface area contributed by atoms with Crippen LogP contribution in [-0.4, -0.2) is 10.8 Å². The van der Waals surface area contributed by atoms with Crippen LogP contribution in [0.4, 0.5) is 0 Å². The van der Waals surface area contributed by atoms with Crippen molar-refractivity contribution in [2.45, 2.75) is 0 Å². The Morgan fingerprint density at radius 3 is 2.14 bits per heavy atom. The van der Waals surface area contributed by atoms with E-state index in [4.69, 9.17) is 0 Å². The van der Waals surface area contributed by atoms with E-state index in [0.29, 0.717) is 11.1 Å². The summed E-state index contributed by atoms with van der Waals surface area (Å²) in [5.74, 6) is -0.0246. The molecule has 0 bridgehead atoms. The fourth-order valence-electron chi connectivity index (χ4n) is 2.15. The first-order valence-electron chi connectivity index (χ1n) is 6.55. The van der Waals surface area contributed by atoms with E-state index in [1.807, 2.05) is 42.5 Å². The second-order valence-electron chi connectivity index (χ2n) is 4.66. The molecular formula is C18H12BrNO. The molecule has 0 fully saturated rings. The Kier molecular flexibility index (Phi) is 3.93. The number of nitrogens with zero attached hydrogens (tertiary/aromatic N) is 1. The van der Waals surface area contributed by atoms with E-state index in [9.17, 15) is 4.79 Å². The zero-order valence-electron chi connectivity index (χ0n) is 11.2. The molecule has 102 valence electrons. The Bertz CT molecular complexity index is 767. The largest absolute Gasteiger partial charge is 0.289 e. The smallest absolute Gasteiger partial charge is 0.194 e. The van der Waals surface area contributed by atoms with Crippen LogP contribution in [0, 0.1) is 0 Å². The first-order chi connectivity index (χ1) is 10.2. The molecule has 0 aliphatic rings. The van der Waals surface area contributed by atoms with Gasteiger partial charge in [-0.05, 0) is 33.1 Å². The maximum absolute atomic E-state index is 12.4. The average Bonchev–Trinajstić information content (AvgIpc) is 2.55. The maximum Gasteiger partial charge on any atom is 0.194 e. The van der Waals surface area contributed by atoms with Gasteiger partial charge in [-0.25, -0.2) is 0 Å². The average molecular weight is 338 g/mol. The molecule has 3 rings (SSSR count). The summed E-state index contributed by atoms with van der Waals surface area (Å²) in [6.45, 7) is 0. The minimum absolute atomic E-state index is 0.0246. The van der Waals surface area contributed by atoms with Crippen LogP contribution in [0.25, 0.3) is 11.1 Å². The summed E-state index contributed by atoms with van der Waals surface area (Å²) in [6, 6.07) is 19.5. The molecule has 0 spiro atoms. The lowest BCUT2D eigenvalue weighted by molar-refractivity contribution is 0.103. The fraction of sp³-hybridized carbons (Fsp3) is 0. The number of pyridine rings is 1. The third-order valence-electron chi connectivity index (χ3n) is 3.22. The van der Waals surface area contributed by atoms with Gasteiger partial charge in [-0.3, -0.25) is 9.78 Å². The van der Waals surface area contributed by atoms with Crippen molar-refractivity contribution < 1.29 is 4.79 Å². The first kappa shape index (κ1) is 13.7. The molecule has 0 atom stereocenters. The summed E-state index contributed by atoms with van der Waals surface area (Å²) in [6.07, 6.45) is 3.24. The van der Waals surface area contributed by atoms with Crippen LogP contribution in [0.15, 0.2) is 77.5 Å². The van der Waals surface area contributed by atoms with Gasteiger partial charge in [0.2, 0.25) is 0 Å². The van der Waals surface area contributed by atoms with Crippen molar-refractivity contribution in [2.75, 3.05) is 0 Å². The molecule has 0 saturated carbocycles. The number of carbonyl (C=O) groups is 1. The molecule has 1 heterocycles. The van der Waals surface area contributed by atoms with Gasteiger partial charge in [0.25, 0.3) is 0 Å². The van der Waals surface area contributed by atoms with E-state index in [1.54, 1.807) is 18.5 Å². The number of hydrogen-bond donors (Lipinski definition) is 0. The van der Waals surface area contributed by atoms with Crippen LogP contribution in [0.2, 0.25) is 0 Å². The Morgan fingerprint density at radius 1 is 0.810 bits per heavy atom. The molecule has 1 aromatic heterocycles. The minimum atomic E-state index is -0.0246. The zero-order valence-corrected chi connectivity index (χ0v) is 12.7. The van der Waals surface area contributed by atoms with E-state index in [1.165, 1.54) is 0 Å². The molecule has 0 amide bonds. The summed E-state index contributed by atoms with van der Waals surface area (Å²) in [5, 5.41) is 0. The van der Waals surface area contributed by atoms with Gasteiger partial charge in [0.1, 0.15) is 0 Å². The number of rotatable bonds is 3. The van der Waals surface area contributed by atoms with Crippen molar-refractivity contribution in [1.82, 2.24) is 4.98 Å². The molecule has 0 saturated heterocycles. The number of aromatic nitrogens is 1. The van der Waals surface area contributed by atoms with E-state index in [0.717, 1.165) is 15.6 Å². The summed E-state index contributed by atoms with van der Waals surface area (Å²) < 4.78 is 0.800. The number of ketones is 1. The number of halogens is 1. The van der Waals surface area contributed by atoms with Crippen LogP contribution in [0.3, 0.4) is 0 Å². The van der Waals surface area contributed by atoms with E-state index in [2.05, 4.69) is 33.0 Å². The zero-order chi connectivity index (χ0) is 14.7. The van der Waals surface area contributed by atoms with Crippen molar-refractivity contribution in [2.24, 2.45) is 0 Å². The second kappa shape index (κ2) is 6.02. The van der Waals surface area contributed by atoms with Gasteiger partial charge in [-0.1, -0.05) is 54.6 Å². The summed E-state index contributed by atoms with van der Waals surface area (Å²) >= 11 is 3.33. The van der Waals surface area contributed by atoms with Crippen molar-refractivity contribution in [3.8, 4) is 11.1 Å². The highest BCUT2D eigenvalue weighted by Crippen LogP contribution is 2.21. The molecule has 3 aromatic rings. The monoisotopic (exact) mass is 337 g/mol. The predicted octanol–water partition coefficient (Wildman–Crippen LogP) is 4.74. The molecule has 0 unspecified atom stereocenters. The molecule has 3 heteroatoms. The molecule has 21 heavy (non-hydrogen) atoms. The number of hydrogen-bond acceptors (Lipinski definition) is 2. The highest BCUT2D eigenvalue weighted by atomic mass is 79.9. The molecule has 2 aromatic carbocycles. The quantitative estimate of drug-likeness (QED) is 0.646. The predicted molar refractivity (Wildman–Crippen MR) is 87.2 cm³/mol. The summed E-state index contributed by atoms with van der Waals surface area (Å²) in [7, 11) is 0. The van der Waals surface area contributed by atoms with Gasteiger partial charge in [0.05, 0.1) is 0 Å². The lowest BCUT2D eigenvalue weighted by Crippen LogP contribution is -2.01. The Hall–Kier alpha value is -2.26. The van der Waals surface area contributed by atoms with E-state index in [-0.39, 0.29) is 5.78 Å². The normalized spacial score (nSPS) is 10.3. The molecular weight excluding hydrogens is 326 g/mol. The SMILES string of the molecule is O=C(c1ccc(-c2ccccc2)cc1)c1cncc(Br)c1. The molecule has 0 N–H and O–H groups in total. The second-order valence-corrected chi connectivity index (χ2v) is 5.58. The molecule has 0 aliphatic heterocycles. The maximum atomic E-state index is 12.4. The molecule has 0 aliphatic carbocycles. The van der Waals surface area contributed by atoms with Crippen molar-refractivity contribution in [1.29, 1.82) is 0 Å². The van der Waals surface area contributed by atoms with Crippen molar-refractivity contribution >= 4 is 21.7 Å². The van der Waals surface area contributed by atoms with Gasteiger partial charge in [-0.15, -0.1) is 0 Å². The van der Waals surface area contributed by atoms with Crippen molar-refractivity contribution in [3.63, 3.8) is 0 Å². The molecule has 2 nitrogen and oxygen atoms in total. The lowest BCUT2D eigenvalue weighted by Gasteiger charge is -2.04. The van der Waals surface area contributed by atoms with Crippen LogP contribution in [0.5, 0.6) is 0 Å². The minimum Gasteiger partial charge on any atom is -0.289 e. The van der Waals surface area contributed by atoms with Crippen LogP contribution in [0.1, 0.15) is 15.9 Å². The standard InChI is InChI=1S/C18H12BrNO/c19-17-10-16(11-20-12-17)18(21)15-8-6-14(7-9-15)13-4-2-1-3-5-13/h1-12H. The van der Waals surface area contributed by atoms with E-state index < -0.39 is 0 Å². The highest BCUT2D eigenvalue weighted by molar-refractivity contribution is 9.10. The Balaban J connectivity index is 1.89. The first-order valence-corrected chi connectivity index (χ1v) is 7.34. The number of carbonyl (C=O) groups excluding carboxylic acids is 1. The van der Waals surface area contributed by atoms with Crippen molar-refractivity contribution in [3.05, 3.63) is 88.7 Å². The van der Waals surface area contributed by atoms with Gasteiger partial charge in [0, 0.05) is 28.0 Å². The summed E-state index contributed by atoms with van der Waals surface area (Å²) in [5.41, 5.74) is 3.48. The highest BCUT2D eigenvalue weighted by Gasteiger charge is 2.10. The van der Waals surface area contributed by atoms with Gasteiger partial charge >= 0.3 is 0 Å².